The summed E-state index contributed by atoms with van der Waals surface area (Å²) in [4.78, 5) is 29.4. The molecule has 1 amide bonds. The fraction of sp³-hybridized carbons (Fsp3) is 0.316. The number of halogens is 1. The van der Waals surface area contributed by atoms with Crippen LogP contribution in [0.25, 0.3) is 0 Å². The number of nitrogens with one attached hydrogen (secondary N) is 1. The topological polar surface area (TPSA) is 68.3 Å². The van der Waals surface area contributed by atoms with E-state index in [1.54, 1.807) is 30.5 Å². The van der Waals surface area contributed by atoms with E-state index in [0.717, 1.165) is 4.90 Å². The van der Waals surface area contributed by atoms with Crippen LogP contribution in [-0.4, -0.2) is 29.5 Å². The number of carbonyl (C=O) groups is 2. The lowest BCUT2D eigenvalue weighted by Crippen LogP contribution is -2.38. The first-order chi connectivity index (χ1) is 12.4. The Morgan fingerprint density at radius 1 is 1.19 bits per heavy atom. The molecule has 2 aromatic rings. The third kappa shape index (κ3) is 6.04. The summed E-state index contributed by atoms with van der Waals surface area (Å²) in [7, 11) is 0. The number of rotatable bonds is 7. The minimum absolute atomic E-state index is 0.00983. The maximum atomic E-state index is 12.4. The number of aromatic nitrogens is 1. The standard InChI is InChI=1S/C19H21ClN2O3S/c1-12(2)13(3)22-17(23)11-25-19(24)16-5-4-10-21-18(16)26-15-8-6-14(20)7-9-15/h4-10,12-13H,11H2,1-3H3,(H,22,23)/t13-/m1/s1. The second kappa shape index (κ2) is 9.59. The molecule has 138 valence electrons. The average Bonchev–Trinajstić information content (AvgIpc) is 2.62. The molecular weight excluding hydrogens is 372 g/mol. The van der Waals surface area contributed by atoms with E-state index in [0.29, 0.717) is 21.5 Å². The Balaban J connectivity index is 2.00. The maximum Gasteiger partial charge on any atom is 0.341 e. The van der Waals surface area contributed by atoms with Crippen LogP contribution >= 0.6 is 23.4 Å². The van der Waals surface area contributed by atoms with Crippen molar-refractivity contribution in [3.05, 3.63) is 53.2 Å². The molecule has 0 aliphatic rings. The average molecular weight is 393 g/mol. The van der Waals surface area contributed by atoms with E-state index in [1.165, 1.54) is 11.8 Å². The third-order valence-corrected chi connectivity index (χ3v) is 5.02. The summed E-state index contributed by atoms with van der Waals surface area (Å²) >= 11 is 7.21. The van der Waals surface area contributed by atoms with Crippen LogP contribution in [0.15, 0.2) is 52.5 Å². The van der Waals surface area contributed by atoms with Crippen molar-refractivity contribution in [3.8, 4) is 0 Å². The van der Waals surface area contributed by atoms with Gasteiger partial charge >= 0.3 is 5.97 Å². The molecule has 0 bridgehead atoms. The highest BCUT2D eigenvalue weighted by Crippen LogP contribution is 2.29. The van der Waals surface area contributed by atoms with Gasteiger partial charge in [-0.15, -0.1) is 0 Å². The number of hydrogen-bond donors (Lipinski definition) is 1. The van der Waals surface area contributed by atoms with Crippen LogP contribution in [0, 0.1) is 5.92 Å². The van der Waals surface area contributed by atoms with Gasteiger partial charge in [0.1, 0.15) is 5.03 Å². The van der Waals surface area contributed by atoms with Crippen LogP contribution in [0.1, 0.15) is 31.1 Å². The van der Waals surface area contributed by atoms with Crippen LogP contribution in [0.3, 0.4) is 0 Å². The lowest BCUT2D eigenvalue weighted by molar-refractivity contribution is -0.125. The predicted octanol–water partition coefficient (Wildman–Crippen LogP) is 4.20. The normalized spacial score (nSPS) is 11.9. The highest BCUT2D eigenvalue weighted by Gasteiger charge is 2.17. The number of hydrogen-bond acceptors (Lipinski definition) is 5. The molecule has 0 saturated carbocycles. The number of pyridine rings is 1. The molecule has 0 aliphatic carbocycles. The fourth-order valence-electron chi connectivity index (χ4n) is 1.91. The van der Waals surface area contributed by atoms with Gasteiger partial charge in [-0.05, 0) is 49.2 Å². The van der Waals surface area contributed by atoms with E-state index >= 15 is 0 Å². The summed E-state index contributed by atoms with van der Waals surface area (Å²) in [5, 5.41) is 3.94. The third-order valence-electron chi connectivity index (χ3n) is 3.74. The number of ether oxygens (including phenoxy) is 1. The first kappa shape index (κ1) is 20.3. The molecule has 0 saturated heterocycles. The van der Waals surface area contributed by atoms with Crippen molar-refractivity contribution in [2.24, 2.45) is 5.92 Å². The van der Waals surface area contributed by atoms with Gasteiger partial charge in [0.05, 0.1) is 5.56 Å². The molecule has 5 nitrogen and oxygen atoms in total. The second-order valence-electron chi connectivity index (χ2n) is 6.09. The van der Waals surface area contributed by atoms with Crippen molar-refractivity contribution in [2.45, 2.75) is 36.7 Å². The monoisotopic (exact) mass is 392 g/mol. The van der Waals surface area contributed by atoms with Gasteiger partial charge in [0.2, 0.25) is 0 Å². The molecule has 0 unspecified atom stereocenters. The smallest absolute Gasteiger partial charge is 0.341 e. The minimum Gasteiger partial charge on any atom is -0.452 e. The molecule has 1 N–H and O–H groups in total. The number of esters is 1. The van der Waals surface area contributed by atoms with Gasteiger partial charge < -0.3 is 10.1 Å². The summed E-state index contributed by atoms with van der Waals surface area (Å²) < 4.78 is 5.14. The first-order valence-electron chi connectivity index (χ1n) is 8.21. The fourth-order valence-corrected chi connectivity index (χ4v) is 2.91. The summed E-state index contributed by atoms with van der Waals surface area (Å²) in [6, 6.07) is 10.5. The number of amides is 1. The highest BCUT2D eigenvalue weighted by atomic mass is 35.5. The van der Waals surface area contributed by atoms with Gasteiger partial charge in [-0.2, -0.15) is 0 Å². The molecule has 0 spiro atoms. The van der Waals surface area contributed by atoms with E-state index in [9.17, 15) is 9.59 Å². The van der Waals surface area contributed by atoms with Gasteiger partial charge in [-0.1, -0.05) is 37.2 Å². The zero-order valence-corrected chi connectivity index (χ0v) is 16.4. The summed E-state index contributed by atoms with van der Waals surface area (Å²) in [5.74, 6) is -0.604. The summed E-state index contributed by atoms with van der Waals surface area (Å²) in [6.07, 6.45) is 1.60. The van der Waals surface area contributed by atoms with Crippen LogP contribution in [-0.2, 0) is 9.53 Å². The molecule has 26 heavy (non-hydrogen) atoms. The van der Waals surface area contributed by atoms with Crippen molar-refractivity contribution < 1.29 is 14.3 Å². The molecule has 0 aliphatic heterocycles. The molecule has 0 fully saturated rings. The van der Waals surface area contributed by atoms with Crippen LogP contribution in [0.5, 0.6) is 0 Å². The molecule has 1 atom stereocenters. The van der Waals surface area contributed by atoms with Crippen molar-refractivity contribution in [1.29, 1.82) is 0 Å². The van der Waals surface area contributed by atoms with Crippen molar-refractivity contribution >= 4 is 35.2 Å². The van der Waals surface area contributed by atoms with Crippen LogP contribution < -0.4 is 5.32 Å². The quantitative estimate of drug-likeness (QED) is 0.715. The highest BCUT2D eigenvalue weighted by molar-refractivity contribution is 7.99. The molecule has 1 heterocycles. The molecule has 1 aromatic carbocycles. The lowest BCUT2D eigenvalue weighted by Gasteiger charge is -2.17. The Morgan fingerprint density at radius 3 is 2.54 bits per heavy atom. The summed E-state index contributed by atoms with van der Waals surface area (Å²) in [5.41, 5.74) is 0.317. The van der Waals surface area contributed by atoms with Crippen molar-refractivity contribution in [3.63, 3.8) is 0 Å². The van der Waals surface area contributed by atoms with Gasteiger partial charge in [0.15, 0.2) is 6.61 Å². The summed E-state index contributed by atoms with van der Waals surface area (Å²) in [6.45, 7) is 5.60. The molecule has 0 radical (unpaired) electrons. The van der Waals surface area contributed by atoms with E-state index in [1.807, 2.05) is 32.9 Å². The zero-order chi connectivity index (χ0) is 19.1. The number of carbonyl (C=O) groups excluding carboxylic acids is 2. The maximum absolute atomic E-state index is 12.4. The second-order valence-corrected chi connectivity index (χ2v) is 7.59. The van der Waals surface area contributed by atoms with Crippen molar-refractivity contribution in [2.75, 3.05) is 6.61 Å². The largest absolute Gasteiger partial charge is 0.452 e. The van der Waals surface area contributed by atoms with Gasteiger partial charge in [-0.25, -0.2) is 9.78 Å². The van der Waals surface area contributed by atoms with E-state index in [2.05, 4.69) is 10.3 Å². The number of nitrogens with zero attached hydrogens (tertiary/aromatic N) is 1. The Bertz CT molecular complexity index is 766. The number of benzene rings is 1. The van der Waals surface area contributed by atoms with Gasteiger partial charge in [-0.3, -0.25) is 4.79 Å². The molecule has 7 heteroatoms. The van der Waals surface area contributed by atoms with E-state index in [-0.39, 0.29) is 18.6 Å². The Kier molecular flexibility index (Phi) is 7.48. The lowest BCUT2D eigenvalue weighted by atomic mass is 10.1. The Labute approximate surface area is 162 Å². The Morgan fingerprint density at radius 2 is 1.88 bits per heavy atom. The molecule has 1 aromatic heterocycles. The van der Waals surface area contributed by atoms with E-state index in [4.69, 9.17) is 16.3 Å². The molecule has 2 rings (SSSR count). The predicted molar refractivity (Wildman–Crippen MR) is 103 cm³/mol. The van der Waals surface area contributed by atoms with Gasteiger partial charge in [0, 0.05) is 22.2 Å². The Hall–Kier alpha value is -2.05. The minimum atomic E-state index is -0.582. The van der Waals surface area contributed by atoms with Crippen LogP contribution in [0.4, 0.5) is 0 Å². The van der Waals surface area contributed by atoms with Gasteiger partial charge in [0.25, 0.3) is 5.91 Å². The molecular formula is C19H21ClN2O3S. The van der Waals surface area contributed by atoms with Crippen molar-refractivity contribution in [1.82, 2.24) is 10.3 Å². The first-order valence-corrected chi connectivity index (χ1v) is 9.41. The van der Waals surface area contributed by atoms with E-state index < -0.39 is 5.97 Å². The zero-order valence-electron chi connectivity index (χ0n) is 14.9. The van der Waals surface area contributed by atoms with Crippen LogP contribution in [0.2, 0.25) is 5.02 Å². The SMILES string of the molecule is CC(C)[C@@H](C)NC(=O)COC(=O)c1cccnc1Sc1ccc(Cl)cc1.